The number of benzene rings is 3. The lowest BCUT2D eigenvalue weighted by molar-refractivity contribution is 0.899. The van der Waals surface area contributed by atoms with Crippen molar-refractivity contribution in [1.29, 1.82) is 0 Å². The number of nitrogens with zero attached hydrogens (tertiary/aromatic N) is 4. The summed E-state index contributed by atoms with van der Waals surface area (Å²) < 4.78 is 1.84. The molecule has 0 radical (unpaired) electrons. The molecule has 0 unspecified atom stereocenters. The van der Waals surface area contributed by atoms with Gasteiger partial charge in [0.25, 0.3) is 5.56 Å². The molecule has 158 valence electrons. The monoisotopic (exact) mass is 429 g/mol. The number of pyridine rings is 1. The first-order valence-corrected chi connectivity index (χ1v) is 10.7. The van der Waals surface area contributed by atoms with Crippen LogP contribution >= 0.6 is 0 Å². The van der Waals surface area contributed by atoms with Crippen LogP contribution < -0.4 is 5.56 Å². The highest BCUT2D eigenvalue weighted by molar-refractivity contribution is 6.02. The molecule has 0 atom stereocenters. The molecule has 0 aliphatic carbocycles. The highest BCUT2D eigenvalue weighted by Gasteiger charge is 2.22. The van der Waals surface area contributed by atoms with Crippen molar-refractivity contribution >= 4 is 21.8 Å². The van der Waals surface area contributed by atoms with Gasteiger partial charge in [-0.3, -0.25) is 9.78 Å². The first-order valence-electron chi connectivity index (χ1n) is 10.7. The van der Waals surface area contributed by atoms with Gasteiger partial charge < -0.3 is 0 Å². The van der Waals surface area contributed by atoms with E-state index >= 15 is 0 Å². The number of hydrogen-bond donors (Lipinski definition) is 1. The lowest BCUT2D eigenvalue weighted by Gasteiger charge is -2.10. The summed E-state index contributed by atoms with van der Waals surface area (Å²) in [6.45, 7) is 1.98. The van der Waals surface area contributed by atoms with Gasteiger partial charge in [0.2, 0.25) is 0 Å². The van der Waals surface area contributed by atoms with Crippen LogP contribution in [0.15, 0.2) is 95.8 Å². The van der Waals surface area contributed by atoms with Crippen LogP contribution in [0, 0.1) is 6.92 Å². The standard InChI is InChI=1S/C27H19N5O/c1-17-12-13-20-16-21(14-15-22(20)28-17)32-26(19-10-6-3-7-11-19)23-24(18-8-4-2-5-9-18)29-30-27(33)25(23)31-32/h2-16H,1H3,(H,30,33). The molecule has 6 rings (SSSR count). The van der Waals surface area contributed by atoms with Crippen LogP contribution in [0.25, 0.3) is 50.0 Å². The van der Waals surface area contributed by atoms with Gasteiger partial charge in [-0.05, 0) is 31.2 Å². The Morgan fingerprint density at radius 2 is 1.55 bits per heavy atom. The Hall–Kier alpha value is -4.58. The third-order valence-electron chi connectivity index (χ3n) is 5.76. The largest absolute Gasteiger partial charge is 0.292 e. The van der Waals surface area contributed by atoms with Gasteiger partial charge >= 0.3 is 0 Å². The minimum atomic E-state index is -0.321. The number of nitrogens with one attached hydrogen (secondary N) is 1. The first kappa shape index (κ1) is 19.1. The van der Waals surface area contributed by atoms with Crippen LogP contribution in [0.5, 0.6) is 0 Å². The summed E-state index contributed by atoms with van der Waals surface area (Å²) in [7, 11) is 0. The number of H-pyrrole nitrogens is 1. The number of aromatic amines is 1. The molecule has 0 bridgehead atoms. The van der Waals surface area contributed by atoms with E-state index in [0.717, 1.165) is 44.5 Å². The minimum absolute atomic E-state index is 0.321. The predicted molar refractivity (Wildman–Crippen MR) is 130 cm³/mol. The van der Waals surface area contributed by atoms with Crippen molar-refractivity contribution in [2.75, 3.05) is 0 Å². The Balaban J connectivity index is 1.72. The maximum absolute atomic E-state index is 12.8. The van der Waals surface area contributed by atoms with Crippen LogP contribution in [0.3, 0.4) is 0 Å². The molecule has 6 aromatic rings. The molecule has 3 heterocycles. The van der Waals surface area contributed by atoms with Gasteiger partial charge in [-0.2, -0.15) is 10.2 Å². The van der Waals surface area contributed by atoms with E-state index in [1.807, 2.05) is 96.5 Å². The van der Waals surface area contributed by atoms with E-state index in [1.165, 1.54) is 0 Å². The van der Waals surface area contributed by atoms with Gasteiger partial charge in [0.05, 0.1) is 22.3 Å². The molecule has 0 saturated carbocycles. The summed E-state index contributed by atoms with van der Waals surface area (Å²) in [6, 6.07) is 29.9. The molecular formula is C27H19N5O. The van der Waals surface area contributed by atoms with Crippen molar-refractivity contribution in [2.45, 2.75) is 6.92 Å². The number of fused-ring (bicyclic) bond motifs is 2. The molecule has 6 heteroatoms. The summed E-state index contributed by atoms with van der Waals surface area (Å²) in [6.07, 6.45) is 0. The summed E-state index contributed by atoms with van der Waals surface area (Å²) in [5, 5.41) is 13.6. The zero-order chi connectivity index (χ0) is 22.4. The molecule has 3 aromatic carbocycles. The van der Waals surface area contributed by atoms with Gasteiger partial charge in [-0.15, -0.1) is 0 Å². The molecule has 3 aromatic heterocycles. The van der Waals surface area contributed by atoms with Gasteiger partial charge in [0, 0.05) is 22.2 Å². The zero-order valence-corrected chi connectivity index (χ0v) is 17.9. The molecular weight excluding hydrogens is 410 g/mol. The number of hydrogen-bond acceptors (Lipinski definition) is 4. The van der Waals surface area contributed by atoms with Gasteiger partial charge in [0.1, 0.15) is 5.69 Å². The zero-order valence-electron chi connectivity index (χ0n) is 17.9. The second-order valence-electron chi connectivity index (χ2n) is 7.95. The van der Waals surface area contributed by atoms with Crippen molar-refractivity contribution in [3.8, 4) is 28.2 Å². The van der Waals surface area contributed by atoms with Crippen LogP contribution in [0.2, 0.25) is 0 Å². The number of aryl methyl sites for hydroxylation is 1. The highest BCUT2D eigenvalue weighted by Crippen LogP contribution is 2.35. The van der Waals surface area contributed by atoms with E-state index in [4.69, 9.17) is 5.10 Å². The fourth-order valence-corrected chi connectivity index (χ4v) is 4.22. The molecule has 0 spiro atoms. The molecule has 33 heavy (non-hydrogen) atoms. The van der Waals surface area contributed by atoms with Crippen molar-refractivity contribution in [1.82, 2.24) is 25.0 Å². The summed E-state index contributed by atoms with van der Waals surface area (Å²) in [4.78, 5) is 17.4. The quantitative estimate of drug-likeness (QED) is 0.414. The Labute approximate surface area is 189 Å². The molecule has 0 amide bonds. The molecule has 1 N–H and O–H groups in total. The van der Waals surface area contributed by atoms with Crippen molar-refractivity contribution < 1.29 is 0 Å². The van der Waals surface area contributed by atoms with Gasteiger partial charge in [-0.25, -0.2) is 9.78 Å². The van der Waals surface area contributed by atoms with E-state index < -0.39 is 0 Å². The third-order valence-corrected chi connectivity index (χ3v) is 5.76. The fraction of sp³-hybridized carbons (Fsp3) is 0.0370. The van der Waals surface area contributed by atoms with Crippen molar-refractivity contribution in [2.24, 2.45) is 0 Å². The Morgan fingerprint density at radius 1 is 0.818 bits per heavy atom. The van der Waals surface area contributed by atoms with Crippen LogP contribution in [0.4, 0.5) is 0 Å². The summed E-state index contributed by atoms with van der Waals surface area (Å²) in [5.74, 6) is 0. The maximum atomic E-state index is 12.8. The SMILES string of the molecule is Cc1ccc2cc(-n3nc4c(=O)[nH]nc(-c5ccccc5)c4c3-c3ccccc3)ccc2n1. The second kappa shape index (κ2) is 7.53. The van der Waals surface area contributed by atoms with Crippen LogP contribution in [0.1, 0.15) is 5.69 Å². The van der Waals surface area contributed by atoms with E-state index in [0.29, 0.717) is 11.2 Å². The smallest absolute Gasteiger partial charge is 0.265 e. The lowest BCUT2D eigenvalue weighted by Crippen LogP contribution is -2.09. The molecule has 0 fully saturated rings. The van der Waals surface area contributed by atoms with E-state index in [9.17, 15) is 4.79 Å². The van der Waals surface area contributed by atoms with E-state index in [2.05, 4.69) is 21.2 Å². The Morgan fingerprint density at radius 3 is 2.30 bits per heavy atom. The Bertz CT molecular complexity index is 1690. The topological polar surface area (TPSA) is 76.5 Å². The van der Waals surface area contributed by atoms with Gasteiger partial charge in [-0.1, -0.05) is 66.7 Å². The van der Waals surface area contributed by atoms with E-state index in [1.54, 1.807) is 0 Å². The lowest BCUT2D eigenvalue weighted by atomic mass is 10.0. The normalized spacial score (nSPS) is 11.3. The third kappa shape index (κ3) is 3.20. The summed E-state index contributed by atoms with van der Waals surface area (Å²) in [5.41, 5.74) is 6.14. The molecule has 0 saturated heterocycles. The minimum Gasteiger partial charge on any atom is -0.265 e. The second-order valence-corrected chi connectivity index (χ2v) is 7.95. The molecule has 0 aliphatic heterocycles. The van der Waals surface area contributed by atoms with E-state index in [-0.39, 0.29) is 5.56 Å². The molecule has 0 aliphatic rings. The predicted octanol–water partition coefficient (Wildman–Crippen LogP) is 5.30. The Kier molecular flexibility index (Phi) is 4.36. The fourth-order valence-electron chi connectivity index (χ4n) is 4.22. The number of rotatable bonds is 3. The van der Waals surface area contributed by atoms with Crippen LogP contribution in [-0.2, 0) is 0 Å². The maximum Gasteiger partial charge on any atom is 0.292 e. The average Bonchev–Trinajstić information content (AvgIpc) is 3.26. The van der Waals surface area contributed by atoms with Crippen molar-refractivity contribution in [3.05, 3.63) is 107 Å². The van der Waals surface area contributed by atoms with Crippen LogP contribution in [-0.4, -0.2) is 25.0 Å². The van der Waals surface area contributed by atoms with Crippen molar-refractivity contribution in [3.63, 3.8) is 0 Å². The number of aromatic nitrogens is 5. The summed E-state index contributed by atoms with van der Waals surface area (Å²) >= 11 is 0. The van der Waals surface area contributed by atoms with Gasteiger partial charge in [0.15, 0.2) is 5.52 Å². The first-order chi connectivity index (χ1) is 16.2. The molecule has 6 nitrogen and oxygen atoms in total. The highest BCUT2D eigenvalue weighted by atomic mass is 16.1. The average molecular weight is 429 g/mol.